The molecule has 0 fully saturated rings. The van der Waals surface area contributed by atoms with Crippen LogP contribution in [0.25, 0.3) is 27.7 Å². The summed E-state index contributed by atoms with van der Waals surface area (Å²) in [5.41, 5.74) is 3.91. The summed E-state index contributed by atoms with van der Waals surface area (Å²) in [5, 5.41) is 40.3. The number of nitrogens with zero attached hydrogens (tertiary/aromatic N) is 3. The van der Waals surface area contributed by atoms with E-state index in [0.717, 1.165) is 11.1 Å². The van der Waals surface area contributed by atoms with E-state index in [4.69, 9.17) is 0 Å². The van der Waals surface area contributed by atoms with Crippen LogP contribution in [-0.4, -0.2) is 32.5 Å². The highest BCUT2D eigenvalue weighted by atomic mass is 19.3. The van der Waals surface area contributed by atoms with Gasteiger partial charge in [0, 0.05) is 22.7 Å². The predicted octanol–water partition coefficient (Wildman–Crippen LogP) is 8.04. The van der Waals surface area contributed by atoms with E-state index in [1.165, 1.54) is 41.0 Å². The van der Waals surface area contributed by atoms with Gasteiger partial charge >= 0.3 is 12.6 Å². The van der Waals surface area contributed by atoms with Crippen molar-refractivity contribution >= 4 is 28.2 Å². The molecule has 5 rings (SSSR count). The minimum absolute atomic E-state index is 0.0505. The van der Waals surface area contributed by atoms with Crippen LogP contribution in [-0.2, 0) is 0 Å². The topological polar surface area (TPSA) is 117 Å². The lowest BCUT2D eigenvalue weighted by molar-refractivity contribution is -0.0497. The number of aromatic hydroxyl groups is 2. The molecule has 0 bridgehead atoms. The first kappa shape index (κ1) is 26.4. The van der Waals surface area contributed by atoms with Crippen molar-refractivity contribution < 1.29 is 33.6 Å². The minimum Gasteiger partial charge on any atom is -0.505 e. The van der Waals surface area contributed by atoms with Gasteiger partial charge < -0.3 is 20.1 Å². The number of para-hydroxylation sites is 1. The standard InChI is InChI=1S/C30H23F2N3O5/c1-16-9-10-20(13-17(16)2)35-25-15-21(40-30(31)32)11-12-23(25)26(28(35)37)34-33-24-8-4-7-22(27(24)36)18-5-3-6-19(14-18)29(38)39/h3-15,30,36-37H,1-2H3,(H,38,39). The second kappa shape index (κ2) is 10.5. The Kier molecular flexibility index (Phi) is 6.91. The number of carboxylic acid groups (broad SMARTS) is 1. The fourth-order valence-corrected chi connectivity index (χ4v) is 4.41. The van der Waals surface area contributed by atoms with Gasteiger partial charge in [-0.25, -0.2) is 4.79 Å². The molecule has 4 aromatic carbocycles. The quantitative estimate of drug-likeness (QED) is 0.180. The normalized spacial score (nSPS) is 11.5. The molecular weight excluding hydrogens is 520 g/mol. The minimum atomic E-state index is -3.03. The third-order valence-corrected chi connectivity index (χ3v) is 6.56. The number of carbonyl (C=O) groups is 1. The van der Waals surface area contributed by atoms with E-state index < -0.39 is 12.6 Å². The summed E-state index contributed by atoms with van der Waals surface area (Å²) in [5.74, 6) is -1.72. The van der Waals surface area contributed by atoms with Gasteiger partial charge in [0.25, 0.3) is 0 Å². The lowest BCUT2D eigenvalue weighted by Gasteiger charge is -2.10. The van der Waals surface area contributed by atoms with Gasteiger partial charge in [0.1, 0.15) is 11.4 Å². The molecule has 0 unspecified atom stereocenters. The molecule has 0 saturated carbocycles. The highest BCUT2D eigenvalue weighted by Crippen LogP contribution is 2.44. The first-order chi connectivity index (χ1) is 19.1. The van der Waals surface area contributed by atoms with Crippen molar-refractivity contribution in [3.63, 3.8) is 0 Å². The number of aromatic nitrogens is 1. The number of phenolic OH excluding ortho intramolecular Hbond substituents is 1. The number of aromatic carboxylic acids is 1. The van der Waals surface area contributed by atoms with E-state index in [1.54, 1.807) is 30.3 Å². The van der Waals surface area contributed by atoms with Crippen LogP contribution >= 0.6 is 0 Å². The van der Waals surface area contributed by atoms with Crippen LogP contribution in [0.5, 0.6) is 17.4 Å². The van der Waals surface area contributed by atoms with Crippen LogP contribution in [0.4, 0.5) is 20.2 Å². The van der Waals surface area contributed by atoms with Gasteiger partial charge in [0.2, 0.25) is 5.88 Å². The van der Waals surface area contributed by atoms with E-state index in [9.17, 15) is 28.9 Å². The van der Waals surface area contributed by atoms with Gasteiger partial charge in [-0.2, -0.15) is 8.78 Å². The number of benzene rings is 4. The summed E-state index contributed by atoms with van der Waals surface area (Å²) in [6.07, 6.45) is 0. The molecular formula is C30H23F2N3O5. The first-order valence-corrected chi connectivity index (χ1v) is 12.1. The highest BCUT2D eigenvalue weighted by Gasteiger charge is 2.20. The molecule has 0 aliphatic heterocycles. The number of rotatable bonds is 7. The number of azo groups is 1. The molecule has 8 nitrogen and oxygen atoms in total. The zero-order valence-corrected chi connectivity index (χ0v) is 21.3. The summed E-state index contributed by atoms with van der Waals surface area (Å²) in [4.78, 5) is 11.4. The Hall–Kier alpha value is -5.25. The summed E-state index contributed by atoms with van der Waals surface area (Å²) in [6.45, 7) is 0.830. The third-order valence-electron chi connectivity index (χ3n) is 6.56. The van der Waals surface area contributed by atoms with Crippen molar-refractivity contribution in [1.29, 1.82) is 0 Å². The number of carboxylic acids is 1. The molecule has 0 spiro atoms. The van der Waals surface area contributed by atoms with Crippen LogP contribution in [0.3, 0.4) is 0 Å². The number of phenols is 1. The lowest BCUT2D eigenvalue weighted by Crippen LogP contribution is -2.02. The zero-order chi connectivity index (χ0) is 28.6. The first-order valence-electron chi connectivity index (χ1n) is 12.1. The molecule has 1 heterocycles. The molecule has 0 aliphatic rings. The molecule has 1 aromatic heterocycles. The second-order valence-electron chi connectivity index (χ2n) is 9.09. The van der Waals surface area contributed by atoms with Gasteiger partial charge in [-0.3, -0.25) is 4.57 Å². The van der Waals surface area contributed by atoms with E-state index in [1.807, 2.05) is 26.0 Å². The van der Waals surface area contributed by atoms with E-state index in [2.05, 4.69) is 15.0 Å². The van der Waals surface area contributed by atoms with Gasteiger partial charge in [0.15, 0.2) is 11.4 Å². The fourth-order valence-electron chi connectivity index (χ4n) is 4.41. The van der Waals surface area contributed by atoms with Crippen LogP contribution in [0, 0.1) is 13.8 Å². The Bertz CT molecular complexity index is 1800. The number of ether oxygens (including phenoxy) is 1. The molecule has 0 amide bonds. The van der Waals surface area contributed by atoms with E-state index in [-0.39, 0.29) is 34.3 Å². The van der Waals surface area contributed by atoms with Crippen molar-refractivity contribution in [3.05, 3.63) is 95.6 Å². The van der Waals surface area contributed by atoms with Crippen LogP contribution in [0.2, 0.25) is 0 Å². The second-order valence-corrected chi connectivity index (χ2v) is 9.09. The molecule has 0 aliphatic carbocycles. The number of fused-ring (bicyclic) bond motifs is 1. The third kappa shape index (κ3) is 4.94. The Labute approximate surface area is 227 Å². The van der Waals surface area contributed by atoms with E-state index >= 15 is 0 Å². The maximum atomic E-state index is 12.9. The summed E-state index contributed by atoms with van der Waals surface area (Å²) < 4.78 is 31.9. The maximum absolute atomic E-state index is 12.9. The molecule has 0 radical (unpaired) electrons. The van der Waals surface area contributed by atoms with Crippen molar-refractivity contribution in [1.82, 2.24) is 4.57 Å². The van der Waals surface area contributed by atoms with Gasteiger partial charge in [-0.05, 0) is 73.0 Å². The molecule has 0 saturated heterocycles. The van der Waals surface area contributed by atoms with Gasteiger partial charge in [-0.1, -0.05) is 30.3 Å². The highest BCUT2D eigenvalue weighted by molar-refractivity contribution is 5.97. The Balaban J connectivity index is 1.63. The number of aryl methyl sites for hydroxylation is 2. The molecule has 3 N–H and O–H groups in total. The Morgan fingerprint density at radius 1 is 0.900 bits per heavy atom. The summed E-state index contributed by atoms with van der Waals surface area (Å²) in [6, 6.07) is 20.6. The zero-order valence-electron chi connectivity index (χ0n) is 21.3. The van der Waals surface area contributed by atoms with Crippen molar-refractivity contribution in [2.24, 2.45) is 10.2 Å². The van der Waals surface area contributed by atoms with E-state index in [0.29, 0.717) is 27.7 Å². The SMILES string of the molecule is Cc1ccc(-n2c(O)c(N=Nc3cccc(-c4cccc(C(=O)O)c4)c3O)c3ccc(OC(F)F)cc32)cc1C. The van der Waals surface area contributed by atoms with Crippen molar-refractivity contribution in [2.45, 2.75) is 20.5 Å². The Morgan fingerprint density at radius 3 is 2.40 bits per heavy atom. The molecule has 5 aromatic rings. The fraction of sp³-hybridized carbons (Fsp3) is 0.100. The number of hydrogen-bond donors (Lipinski definition) is 3. The lowest BCUT2D eigenvalue weighted by atomic mass is 10.0. The maximum Gasteiger partial charge on any atom is 0.387 e. The van der Waals surface area contributed by atoms with Gasteiger partial charge in [-0.15, -0.1) is 10.2 Å². The average molecular weight is 544 g/mol. The number of hydrogen-bond acceptors (Lipinski definition) is 6. The van der Waals surface area contributed by atoms with Crippen molar-refractivity contribution in [2.75, 3.05) is 0 Å². The van der Waals surface area contributed by atoms with Crippen LogP contribution < -0.4 is 4.74 Å². The molecule has 0 atom stereocenters. The molecule has 40 heavy (non-hydrogen) atoms. The van der Waals surface area contributed by atoms with Gasteiger partial charge in [0.05, 0.1) is 11.1 Å². The monoisotopic (exact) mass is 543 g/mol. The molecule has 202 valence electrons. The average Bonchev–Trinajstić information content (AvgIpc) is 3.19. The number of alkyl halides is 2. The largest absolute Gasteiger partial charge is 0.505 e. The number of halogens is 2. The van der Waals surface area contributed by atoms with Crippen molar-refractivity contribution in [3.8, 4) is 34.2 Å². The Morgan fingerprint density at radius 2 is 1.68 bits per heavy atom. The van der Waals surface area contributed by atoms with Crippen LogP contribution in [0.1, 0.15) is 21.5 Å². The smallest absolute Gasteiger partial charge is 0.387 e. The predicted molar refractivity (Wildman–Crippen MR) is 146 cm³/mol. The van der Waals surface area contributed by atoms with Crippen LogP contribution in [0.15, 0.2) is 89.1 Å². The summed E-state index contributed by atoms with van der Waals surface area (Å²) in [7, 11) is 0. The molecule has 10 heteroatoms. The summed E-state index contributed by atoms with van der Waals surface area (Å²) >= 11 is 0.